The third kappa shape index (κ3) is 3.18. The van der Waals surface area contributed by atoms with E-state index in [1.807, 2.05) is 23.2 Å². The molecule has 0 atom stereocenters. The van der Waals surface area contributed by atoms with E-state index in [2.05, 4.69) is 16.0 Å². The van der Waals surface area contributed by atoms with E-state index in [9.17, 15) is 0 Å². The average molecular weight is 259 g/mol. The minimum Gasteiger partial charge on any atom is -0.389 e. The molecule has 2 rings (SSSR count). The van der Waals surface area contributed by atoms with Gasteiger partial charge >= 0.3 is 0 Å². The lowest BCUT2D eigenvalue weighted by Crippen LogP contribution is -2.23. The first-order chi connectivity index (χ1) is 8.79. The van der Waals surface area contributed by atoms with Crippen LogP contribution in [0.2, 0.25) is 0 Å². The largest absolute Gasteiger partial charge is 0.389 e. The molecule has 0 radical (unpaired) electrons. The quantitative estimate of drug-likeness (QED) is 0.889. The summed E-state index contributed by atoms with van der Waals surface area (Å²) in [5.41, 5.74) is 6.78. The Morgan fingerprint density at radius 3 is 2.94 bits per heavy atom. The Bertz CT molecular complexity index is 531. The molecule has 0 unspecified atom stereocenters. The van der Waals surface area contributed by atoms with Crippen molar-refractivity contribution in [2.45, 2.75) is 13.0 Å². The third-order valence-electron chi connectivity index (χ3n) is 2.37. The number of aromatic nitrogens is 2. The Balaban J connectivity index is 2.13. The molecule has 2 N–H and O–H groups in total. The van der Waals surface area contributed by atoms with Crippen molar-refractivity contribution in [3.05, 3.63) is 36.3 Å². The summed E-state index contributed by atoms with van der Waals surface area (Å²) in [5, 5.41) is 10.2. The summed E-state index contributed by atoms with van der Waals surface area (Å²) in [5.74, 6) is 0. The van der Waals surface area contributed by atoms with E-state index in [4.69, 9.17) is 11.0 Å². The molecule has 0 aliphatic carbocycles. The molecule has 2 heterocycles. The fourth-order valence-corrected chi connectivity index (χ4v) is 2.27. The number of rotatable bonds is 5. The second kappa shape index (κ2) is 5.98. The maximum Gasteiger partial charge on any atom is 0.187 e. The summed E-state index contributed by atoms with van der Waals surface area (Å²) in [6, 6.07) is 6.05. The zero-order valence-corrected chi connectivity index (χ0v) is 10.6. The molecule has 0 spiro atoms. The highest BCUT2D eigenvalue weighted by molar-refractivity contribution is 7.19. The first-order valence-corrected chi connectivity index (χ1v) is 6.33. The van der Waals surface area contributed by atoms with Crippen LogP contribution in [-0.4, -0.2) is 16.5 Å². The predicted octanol–water partition coefficient (Wildman–Crippen LogP) is 2.04. The van der Waals surface area contributed by atoms with E-state index in [-0.39, 0.29) is 0 Å². The van der Waals surface area contributed by atoms with Gasteiger partial charge in [0.05, 0.1) is 18.7 Å². The number of nitrogens with zero attached hydrogens (tertiary/aromatic N) is 4. The van der Waals surface area contributed by atoms with Gasteiger partial charge in [0.15, 0.2) is 5.13 Å². The van der Waals surface area contributed by atoms with Gasteiger partial charge in [-0.1, -0.05) is 17.4 Å². The number of nitriles is 1. The van der Waals surface area contributed by atoms with Gasteiger partial charge in [-0.05, 0) is 11.6 Å². The highest BCUT2D eigenvalue weighted by Crippen LogP contribution is 2.25. The van der Waals surface area contributed by atoms with Gasteiger partial charge in [0.25, 0.3) is 0 Å². The van der Waals surface area contributed by atoms with Crippen LogP contribution in [0.5, 0.6) is 0 Å². The van der Waals surface area contributed by atoms with Gasteiger partial charge in [0.1, 0.15) is 5.00 Å². The fourth-order valence-electron chi connectivity index (χ4n) is 1.56. The minimum absolute atomic E-state index is 0.458. The third-order valence-corrected chi connectivity index (χ3v) is 3.26. The minimum atomic E-state index is 0.458. The van der Waals surface area contributed by atoms with Crippen molar-refractivity contribution in [2.75, 3.05) is 17.2 Å². The van der Waals surface area contributed by atoms with Gasteiger partial charge in [-0.25, -0.2) is 4.98 Å². The maximum atomic E-state index is 8.70. The maximum absolute atomic E-state index is 8.70. The van der Waals surface area contributed by atoms with Crippen molar-refractivity contribution in [3.63, 3.8) is 0 Å². The van der Waals surface area contributed by atoms with Crippen LogP contribution in [-0.2, 0) is 6.54 Å². The van der Waals surface area contributed by atoms with E-state index in [0.717, 1.165) is 10.7 Å². The number of hydrogen-bond donors (Lipinski definition) is 1. The Kier molecular flexibility index (Phi) is 4.10. The number of nitrogens with two attached hydrogens (primary N) is 1. The Morgan fingerprint density at radius 1 is 1.44 bits per heavy atom. The van der Waals surface area contributed by atoms with Crippen molar-refractivity contribution < 1.29 is 0 Å². The van der Waals surface area contributed by atoms with Crippen LogP contribution in [0, 0.1) is 11.3 Å². The standard InChI is InChI=1S/C12H13N5S/c13-4-2-6-17(12-16-8-11(14)18-12)9-10-3-1-5-15-7-10/h1,3,5,7-8H,2,6,9,14H2. The van der Waals surface area contributed by atoms with Crippen LogP contribution < -0.4 is 10.6 Å². The monoisotopic (exact) mass is 259 g/mol. The summed E-state index contributed by atoms with van der Waals surface area (Å²) in [6.07, 6.45) is 5.66. The van der Waals surface area contributed by atoms with E-state index >= 15 is 0 Å². The highest BCUT2D eigenvalue weighted by atomic mass is 32.1. The smallest absolute Gasteiger partial charge is 0.187 e. The Morgan fingerprint density at radius 2 is 2.33 bits per heavy atom. The fraction of sp³-hybridized carbons (Fsp3) is 0.250. The second-order valence-electron chi connectivity index (χ2n) is 3.74. The van der Waals surface area contributed by atoms with Crippen molar-refractivity contribution >= 4 is 21.5 Å². The molecule has 0 aliphatic rings. The summed E-state index contributed by atoms with van der Waals surface area (Å²) in [7, 11) is 0. The number of pyridine rings is 1. The predicted molar refractivity (Wildman–Crippen MR) is 72.0 cm³/mol. The van der Waals surface area contributed by atoms with Gasteiger partial charge in [0, 0.05) is 25.5 Å². The normalized spacial score (nSPS) is 9.94. The molecule has 0 aliphatic heterocycles. The van der Waals surface area contributed by atoms with Gasteiger partial charge in [-0.15, -0.1) is 0 Å². The molecule has 18 heavy (non-hydrogen) atoms. The van der Waals surface area contributed by atoms with Gasteiger partial charge in [-0.2, -0.15) is 5.26 Å². The molecule has 0 saturated heterocycles. The van der Waals surface area contributed by atoms with E-state index in [1.165, 1.54) is 11.3 Å². The molecule has 2 aromatic rings. The second-order valence-corrected chi connectivity index (χ2v) is 4.78. The molecule has 0 fully saturated rings. The number of hydrogen-bond acceptors (Lipinski definition) is 6. The summed E-state index contributed by atoms with van der Waals surface area (Å²) < 4.78 is 0. The van der Waals surface area contributed by atoms with Crippen molar-refractivity contribution in [3.8, 4) is 6.07 Å². The number of anilines is 2. The number of nitrogen functional groups attached to an aromatic ring is 1. The van der Waals surface area contributed by atoms with E-state index in [1.54, 1.807) is 12.4 Å². The topological polar surface area (TPSA) is 78.8 Å². The summed E-state index contributed by atoms with van der Waals surface area (Å²) in [6.45, 7) is 1.32. The molecule has 5 nitrogen and oxygen atoms in total. The SMILES string of the molecule is N#CCCN(Cc1cccnc1)c1ncc(N)s1. The van der Waals surface area contributed by atoms with Crippen LogP contribution in [0.25, 0.3) is 0 Å². The zero-order chi connectivity index (χ0) is 12.8. The molecule has 6 heteroatoms. The number of thiazole rings is 1. The lowest BCUT2D eigenvalue weighted by Gasteiger charge is -2.20. The van der Waals surface area contributed by atoms with Crippen molar-refractivity contribution in [1.29, 1.82) is 5.26 Å². The van der Waals surface area contributed by atoms with Crippen molar-refractivity contribution in [1.82, 2.24) is 9.97 Å². The lowest BCUT2D eigenvalue weighted by molar-refractivity contribution is 0.791. The van der Waals surface area contributed by atoms with Gasteiger partial charge in [0.2, 0.25) is 0 Å². The molecule has 0 saturated carbocycles. The van der Waals surface area contributed by atoms with Crippen LogP contribution in [0.3, 0.4) is 0 Å². The van der Waals surface area contributed by atoms with Crippen LogP contribution in [0.15, 0.2) is 30.7 Å². The van der Waals surface area contributed by atoms with Crippen LogP contribution in [0.4, 0.5) is 10.1 Å². The molecule has 92 valence electrons. The first kappa shape index (κ1) is 12.3. The van der Waals surface area contributed by atoms with E-state index in [0.29, 0.717) is 24.5 Å². The summed E-state index contributed by atoms with van der Waals surface area (Å²) in [4.78, 5) is 10.4. The van der Waals surface area contributed by atoms with Gasteiger partial charge in [-0.3, -0.25) is 4.98 Å². The first-order valence-electron chi connectivity index (χ1n) is 5.51. The van der Waals surface area contributed by atoms with Crippen LogP contribution in [0.1, 0.15) is 12.0 Å². The molecular weight excluding hydrogens is 246 g/mol. The Hall–Kier alpha value is -2.13. The Labute approximate surface area is 110 Å². The summed E-state index contributed by atoms with van der Waals surface area (Å²) >= 11 is 1.43. The average Bonchev–Trinajstić information content (AvgIpc) is 2.82. The molecule has 0 aromatic carbocycles. The van der Waals surface area contributed by atoms with Gasteiger partial charge < -0.3 is 10.6 Å². The van der Waals surface area contributed by atoms with E-state index < -0.39 is 0 Å². The molecule has 0 amide bonds. The molecule has 2 aromatic heterocycles. The molecular formula is C12H13N5S. The lowest BCUT2D eigenvalue weighted by atomic mass is 10.2. The van der Waals surface area contributed by atoms with Crippen LogP contribution >= 0.6 is 11.3 Å². The zero-order valence-electron chi connectivity index (χ0n) is 9.78. The highest BCUT2D eigenvalue weighted by Gasteiger charge is 2.11. The van der Waals surface area contributed by atoms with Crippen molar-refractivity contribution in [2.24, 2.45) is 0 Å². The molecule has 0 bridgehead atoms.